The van der Waals surface area contributed by atoms with E-state index in [2.05, 4.69) is 20.3 Å². The van der Waals surface area contributed by atoms with Crippen LogP contribution >= 0.6 is 0 Å². The van der Waals surface area contributed by atoms with E-state index in [1.54, 1.807) is 0 Å². The molecule has 1 saturated heterocycles. The highest BCUT2D eigenvalue weighted by Gasteiger charge is 2.34. The number of carbonyl (C=O) groups is 1. The minimum Gasteiger partial charge on any atom is -0.323 e. The number of alkyl halides is 3. The molecule has 1 aliphatic heterocycles. The van der Waals surface area contributed by atoms with Crippen LogP contribution in [-0.4, -0.2) is 44.7 Å². The number of halogens is 3. The SMILES string of the molecule is O=C(CN1CCC[C@H]2CCCC[C@@H]21)Nc1cc(C(F)(F)F)ccc1-n1cncn1. The summed E-state index contributed by atoms with van der Waals surface area (Å²) in [6.07, 6.45) is 5.14. The first-order valence-corrected chi connectivity index (χ1v) is 10.0. The molecule has 2 aromatic rings. The van der Waals surface area contributed by atoms with E-state index in [0.29, 0.717) is 17.6 Å². The lowest BCUT2D eigenvalue weighted by Crippen LogP contribution is -2.49. The maximum Gasteiger partial charge on any atom is 0.416 e. The molecular formula is C20H24F3N5O. The predicted octanol–water partition coefficient (Wildman–Crippen LogP) is 3.88. The minimum absolute atomic E-state index is 0.0764. The molecule has 6 nitrogen and oxygen atoms in total. The number of nitrogens with one attached hydrogen (secondary N) is 1. The van der Waals surface area contributed by atoms with E-state index in [1.165, 1.54) is 49.1 Å². The number of nitrogens with zero attached hydrogens (tertiary/aromatic N) is 4. The molecule has 4 rings (SSSR count). The highest BCUT2D eigenvalue weighted by Crippen LogP contribution is 2.36. The van der Waals surface area contributed by atoms with E-state index in [1.807, 2.05) is 0 Å². The monoisotopic (exact) mass is 407 g/mol. The highest BCUT2D eigenvalue weighted by molar-refractivity contribution is 5.94. The van der Waals surface area contributed by atoms with E-state index in [4.69, 9.17) is 0 Å². The Balaban J connectivity index is 1.53. The Morgan fingerprint density at radius 2 is 1.97 bits per heavy atom. The van der Waals surface area contributed by atoms with E-state index in [0.717, 1.165) is 31.5 Å². The molecule has 156 valence electrons. The molecule has 1 N–H and O–H groups in total. The zero-order valence-electron chi connectivity index (χ0n) is 16.0. The molecule has 1 aliphatic carbocycles. The van der Waals surface area contributed by atoms with Crippen molar-refractivity contribution in [3.05, 3.63) is 36.4 Å². The number of rotatable bonds is 4. The average Bonchev–Trinajstić information content (AvgIpc) is 3.22. The first-order valence-electron chi connectivity index (χ1n) is 10.0. The zero-order valence-corrected chi connectivity index (χ0v) is 16.0. The number of piperidine rings is 1. The van der Waals surface area contributed by atoms with Gasteiger partial charge in [0, 0.05) is 6.04 Å². The third-order valence-corrected chi connectivity index (χ3v) is 5.97. The van der Waals surface area contributed by atoms with E-state index >= 15 is 0 Å². The first-order chi connectivity index (χ1) is 13.9. The molecule has 0 bridgehead atoms. The van der Waals surface area contributed by atoms with Gasteiger partial charge in [-0.05, 0) is 56.3 Å². The Labute approximate surface area is 167 Å². The molecule has 1 aromatic heterocycles. The van der Waals surface area contributed by atoms with Gasteiger partial charge in [0.1, 0.15) is 12.7 Å². The van der Waals surface area contributed by atoms with Crippen LogP contribution in [0.5, 0.6) is 0 Å². The first kappa shape index (κ1) is 19.9. The predicted molar refractivity (Wildman–Crippen MR) is 102 cm³/mol. The topological polar surface area (TPSA) is 63.1 Å². The van der Waals surface area contributed by atoms with Crippen molar-refractivity contribution in [2.45, 2.75) is 50.7 Å². The Hall–Kier alpha value is -2.42. The van der Waals surface area contributed by atoms with Crippen LogP contribution in [0.2, 0.25) is 0 Å². The molecular weight excluding hydrogens is 383 g/mol. The number of carbonyl (C=O) groups excluding carboxylic acids is 1. The van der Waals surface area contributed by atoms with Crippen molar-refractivity contribution in [2.24, 2.45) is 5.92 Å². The molecule has 2 fully saturated rings. The number of likely N-dealkylation sites (tertiary alicyclic amines) is 1. The Morgan fingerprint density at radius 1 is 1.17 bits per heavy atom. The number of benzene rings is 1. The van der Waals surface area contributed by atoms with Gasteiger partial charge in [0.05, 0.1) is 23.5 Å². The van der Waals surface area contributed by atoms with Gasteiger partial charge < -0.3 is 5.32 Å². The van der Waals surface area contributed by atoms with Gasteiger partial charge in [0.25, 0.3) is 0 Å². The van der Waals surface area contributed by atoms with Crippen molar-refractivity contribution in [2.75, 3.05) is 18.4 Å². The fraction of sp³-hybridized carbons (Fsp3) is 0.550. The second-order valence-corrected chi connectivity index (χ2v) is 7.84. The lowest BCUT2D eigenvalue weighted by Gasteiger charge is -2.43. The zero-order chi connectivity index (χ0) is 20.4. The minimum atomic E-state index is -4.50. The maximum atomic E-state index is 13.2. The smallest absolute Gasteiger partial charge is 0.323 e. The third kappa shape index (κ3) is 4.44. The van der Waals surface area contributed by atoms with Gasteiger partial charge in [-0.25, -0.2) is 9.67 Å². The molecule has 0 radical (unpaired) electrons. The lowest BCUT2D eigenvalue weighted by atomic mass is 9.78. The molecule has 2 heterocycles. The Morgan fingerprint density at radius 3 is 2.72 bits per heavy atom. The fourth-order valence-corrected chi connectivity index (χ4v) is 4.64. The molecule has 1 saturated carbocycles. The summed E-state index contributed by atoms with van der Waals surface area (Å²) in [6, 6.07) is 3.63. The van der Waals surface area contributed by atoms with Crippen LogP contribution in [0.1, 0.15) is 44.1 Å². The molecule has 29 heavy (non-hydrogen) atoms. The van der Waals surface area contributed by atoms with Crippen LogP contribution in [0.4, 0.5) is 18.9 Å². The van der Waals surface area contributed by atoms with Crippen molar-refractivity contribution in [3.63, 3.8) is 0 Å². The number of anilines is 1. The van der Waals surface area contributed by atoms with Crippen LogP contribution < -0.4 is 5.32 Å². The van der Waals surface area contributed by atoms with Gasteiger partial charge >= 0.3 is 6.18 Å². The fourth-order valence-electron chi connectivity index (χ4n) is 4.64. The number of aromatic nitrogens is 3. The summed E-state index contributed by atoms with van der Waals surface area (Å²) >= 11 is 0. The number of amides is 1. The summed E-state index contributed by atoms with van der Waals surface area (Å²) in [5.41, 5.74) is -0.396. The van der Waals surface area contributed by atoms with Gasteiger partial charge in [-0.1, -0.05) is 12.8 Å². The van der Waals surface area contributed by atoms with Crippen molar-refractivity contribution in [1.82, 2.24) is 19.7 Å². The van der Waals surface area contributed by atoms with Gasteiger partial charge in [-0.2, -0.15) is 18.3 Å². The number of hydrogen-bond acceptors (Lipinski definition) is 4. The quantitative estimate of drug-likeness (QED) is 0.836. The van der Waals surface area contributed by atoms with Crippen LogP contribution in [0, 0.1) is 5.92 Å². The van der Waals surface area contributed by atoms with Gasteiger partial charge in [-0.15, -0.1) is 0 Å². The summed E-state index contributed by atoms with van der Waals surface area (Å²) < 4.78 is 40.9. The van der Waals surface area contributed by atoms with Gasteiger partial charge in [0.2, 0.25) is 5.91 Å². The maximum absolute atomic E-state index is 13.2. The van der Waals surface area contributed by atoms with E-state index < -0.39 is 11.7 Å². The second kappa shape index (κ2) is 8.14. The van der Waals surface area contributed by atoms with E-state index in [-0.39, 0.29) is 18.1 Å². The summed E-state index contributed by atoms with van der Waals surface area (Å²) in [7, 11) is 0. The molecule has 1 aromatic carbocycles. The summed E-state index contributed by atoms with van der Waals surface area (Å²) in [4.78, 5) is 18.8. The number of fused-ring (bicyclic) bond motifs is 1. The normalized spacial score (nSPS) is 22.9. The lowest BCUT2D eigenvalue weighted by molar-refractivity contribution is -0.137. The largest absolute Gasteiger partial charge is 0.416 e. The Bertz CT molecular complexity index is 850. The van der Waals surface area contributed by atoms with Crippen LogP contribution in [-0.2, 0) is 11.0 Å². The highest BCUT2D eigenvalue weighted by atomic mass is 19.4. The van der Waals surface area contributed by atoms with Crippen LogP contribution in [0.25, 0.3) is 5.69 Å². The molecule has 0 unspecified atom stereocenters. The summed E-state index contributed by atoms with van der Waals surface area (Å²) in [5, 5.41) is 6.66. The summed E-state index contributed by atoms with van der Waals surface area (Å²) in [5.74, 6) is 0.321. The molecule has 0 spiro atoms. The molecule has 1 amide bonds. The van der Waals surface area contributed by atoms with Crippen molar-refractivity contribution in [3.8, 4) is 5.69 Å². The molecule has 2 atom stereocenters. The van der Waals surface area contributed by atoms with Crippen LogP contribution in [0.3, 0.4) is 0 Å². The van der Waals surface area contributed by atoms with Crippen molar-refractivity contribution < 1.29 is 18.0 Å². The Kier molecular flexibility index (Phi) is 5.58. The van der Waals surface area contributed by atoms with Gasteiger partial charge in [0.15, 0.2) is 0 Å². The van der Waals surface area contributed by atoms with Gasteiger partial charge in [-0.3, -0.25) is 9.69 Å². The summed E-state index contributed by atoms with van der Waals surface area (Å²) in [6.45, 7) is 1.04. The van der Waals surface area contributed by atoms with Crippen molar-refractivity contribution >= 4 is 11.6 Å². The van der Waals surface area contributed by atoms with E-state index in [9.17, 15) is 18.0 Å². The number of hydrogen-bond donors (Lipinski definition) is 1. The molecule has 2 aliphatic rings. The third-order valence-electron chi connectivity index (χ3n) is 5.97. The molecule has 9 heteroatoms. The second-order valence-electron chi connectivity index (χ2n) is 7.84. The van der Waals surface area contributed by atoms with Crippen LogP contribution in [0.15, 0.2) is 30.9 Å². The average molecular weight is 407 g/mol. The van der Waals surface area contributed by atoms with Crippen molar-refractivity contribution in [1.29, 1.82) is 0 Å². The standard InChI is InChI=1S/C20H24F3N5O/c21-20(22,23)15-7-8-18(28-13-24-12-25-28)16(10-15)26-19(29)11-27-9-3-5-14-4-1-2-6-17(14)27/h7-8,10,12-14,17H,1-6,9,11H2,(H,26,29)/t14-,17+/m1/s1.